The number of ether oxygens (including phenoxy) is 8. The summed E-state index contributed by atoms with van der Waals surface area (Å²) >= 11 is 0. The van der Waals surface area contributed by atoms with Gasteiger partial charge in [0.15, 0.2) is 34.5 Å². The number of nitriles is 1. The van der Waals surface area contributed by atoms with Crippen LogP contribution in [0.2, 0.25) is 0 Å². The Kier molecular flexibility index (Phi) is 21.3. The first-order valence-corrected chi connectivity index (χ1v) is 23.4. The van der Waals surface area contributed by atoms with E-state index in [9.17, 15) is 14.9 Å². The molecule has 0 aliphatic heterocycles. The van der Waals surface area contributed by atoms with E-state index in [1.165, 1.54) is 14.2 Å². The summed E-state index contributed by atoms with van der Waals surface area (Å²) in [6.45, 7) is 7.41. The minimum absolute atomic E-state index is 0.129. The predicted molar refractivity (Wildman–Crippen MR) is 266 cm³/mol. The van der Waals surface area contributed by atoms with Gasteiger partial charge in [-0.3, -0.25) is 4.79 Å². The molecule has 4 rings (SSSR count). The molecule has 0 aliphatic rings. The maximum absolute atomic E-state index is 14.6. The molecule has 0 spiro atoms. The van der Waals surface area contributed by atoms with Crippen LogP contribution in [0, 0.1) is 23.2 Å². The van der Waals surface area contributed by atoms with E-state index >= 15 is 0 Å². The molecule has 370 valence electrons. The first-order chi connectivity index (χ1) is 32.7. The van der Waals surface area contributed by atoms with Crippen LogP contribution in [-0.2, 0) is 37.9 Å². The quantitative estimate of drug-likeness (QED) is 0.0479. The number of likely N-dealkylation sites (N-methyl/N-ethyl adjacent to an activating group) is 2. The number of carbonyl (C=O) groups excluding carboxylic acids is 2. The van der Waals surface area contributed by atoms with E-state index in [0.29, 0.717) is 72.2 Å². The lowest BCUT2D eigenvalue weighted by atomic mass is 9.63. The number of hydrogen-bond acceptors (Lipinski definition) is 13. The molecule has 0 radical (unpaired) electrons. The standard InChI is InChI=1S/C55H75N3O10/c1-39(54(38-56,44-22-25-47(62-6)50(36-44)65-9)29-13-31-57(3)33-27-41-17-20-43(21-18-41)52(59)67-11)15-16-40(2)55(53(60)68-12,45-23-26-48(63-7)51(37-45)66-10)30-14-32-58(4)34-28-42-19-24-46(61-5)49(35-42)64-8/h17-26,35-37,39-40H,13-16,27-34H2,1-12H3. The maximum atomic E-state index is 14.6. The van der Waals surface area contributed by atoms with Gasteiger partial charge in [-0.2, -0.15) is 5.26 Å². The van der Waals surface area contributed by atoms with Crippen LogP contribution < -0.4 is 28.4 Å². The Morgan fingerprint density at radius 2 is 1.00 bits per heavy atom. The molecule has 0 aromatic heterocycles. The van der Waals surface area contributed by atoms with Crippen molar-refractivity contribution in [3.05, 3.63) is 107 Å². The maximum Gasteiger partial charge on any atom is 0.337 e. The Balaban J connectivity index is 1.60. The van der Waals surface area contributed by atoms with Crippen molar-refractivity contribution in [2.24, 2.45) is 11.8 Å². The number of esters is 2. The third kappa shape index (κ3) is 13.4. The molecule has 0 saturated carbocycles. The molecular formula is C55H75N3O10. The van der Waals surface area contributed by atoms with Crippen LogP contribution in [0.25, 0.3) is 0 Å². The zero-order valence-electron chi connectivity index (χ0n) is 42.6. The van der Waals surface area contributed by atoms with Gasteiger partial charge in [0.05, 0.1) is 79.3 Å². The number of nitrogens with zero attached hydrogens (tertiary/aromatic N) is 3. The molecule has 4 aromatic rings. The number of benzene rings is 4. The van der Waals surface area contributed by atoms with Gasteiger partial charge in [0, 0.05) is 13.1 Å². The van der Waals surface area contributed by atoms with Gasteiger partial charge in [-0.1, -0.05) is 44.2 Å². The van der Waals surface area contributed by atoms with Crippen molar-refractivity contribution in [2.75, 3.05) is 97.2 Å². The minimum atomic E-state index is -1.04. The van der Waals surface area contributed by atoms with Crippen molar-refractivity contribution >= 4 is 11.9 Å². The van der Waals surface area contributed by atoms with Crippen LogP contribution in [0.3, 0.4) is 0 Å². The zero-order valence-corrected chi connectivity index (χ0v) is 42.6. The van der Waals surface area contributed by atoms with Crippen LogP contribution >= 0.6 is 0 Å². The van der Waals surface area contributed by atoms with Crippen molar-refractivity contribution in [3.8, 4) is 40.6 Å². The summed E-state index contributed by atoms with van der Waals surface area (Å²) < 4.78 is 44.3. The third-order valence-electron chi connectivity index (χ3n) is 13.9. The molecule has 13 heteroatoms. The van der Waals surface area contributed by atoms with Crippen LogP contribution in [0.1, 0.15) is 85.0 Å². The second-order valence-electron chi connectivity index (χ2n) is 17.8. The van der Waals surface area contributed by atoms with E-state index in [-0.39, 0.29) is 23.8 Å². The van der Waals surface area contributed by atoms with Gasteiger partial charge in [0.25, 0.3) is 0 Å². The normalized spacial score (nSPS) is 13.9. The fourth-order valence-corrected chi connectivity index (χ4v) is 9.49. The Labute approximate surface area is 405 Å². The molecule has 0 fully saturated rings. The molecule has 0 N–H and O–H groups in total. The Morgan fingerprint density at radius 3 is 1.51 bits per heavy atom. The highest BCUT2D eigenvalue weighted by molar-refractivity contribution is 5.89. The molecule has 0 bridgehead atoms. The topological polar surface area (TPSA) is 138 Å². The number of hydrogen-bond donors (Lipinski definition) is 0. The van der Waals surface area contributed by atoms with Gasteiger partial charge in [-0.15, -0.1) is 0 Å². The largest absolute Gasteiger partial charge is 0.493 e. The molecule has 68 heavy (non-hydrogen) atoms. The number of carbonyl (C=O) groups is 2. The Hall–Kier alpha value is -5.97. The fourth-order valence-electron chi connectivity index (χ4n) is 9.49. The van der Waals surface area contributed by atoms with Crippen molar-refractivity contribution < 1.29 is 47.5 Å². The molecule has 0 saturated heterocycles. The van der Waals surface area contributed by atoms with Crippen LogP contribution in [0.15, 0.2) is 78.9 Å². The molecule has 13 nitrogen and oxygen atoms in total. The van der Waals surface area contributed by atoms with Crippen molar-refractivity contribution in [2.45, 2.75) is 76.0 Å². The summed E-state index contributed by atoms with van der Waals surface area (Å²) in [6.07, 6.45) is 5.50. The van der Waals surface area contributed by atoms with Crippen LogP contribution in [0.4, 0.5) is 0 Å². The SMILES string of the molecule is COC(=O)c1ccc(CCN(C)CCCC(C#N)(c2ccc(OC)c(OC)c2)C(C)CCC(C)C(CCCN(C)CCc2ccc(OC)c(OC)c2)(C(=O)OC)c2ccc(OC)c(OC)c2)cc1. The molecular weight excluding hydrogens is 863 g/mol. The lowest BCUT2D eigenvalue weighted by molar-refractivity contribution is -0.150. The van der Waals surface area contributed by atoms with Gasteiger partial charge in [-0.25, -0.2) is 4.79 Å². The predicted octanol–water partition coefficient (Wildman–Crippen LogP) is 9.36. The zero-order chi connectivity index (χ0) is 49.9. The molecule has 0 heterocycles. The van der Waals surface area contributed by atoms with Crippen molar-refractivity contribution in [1.82, 2.24) is 9.80 Å². The minimum Gasteiger partial charge on any atom is -0.493 e. The van der Waals surface area contributed by atoms with E-state index < -0.39 is 10.8 Å². The summed E-state index contributed by atoms with van der Waals surface area (Å²) in [5, 5.41) is 11.4. The highest BCUT2D eigenvalue weighted by Crippen LogP contribution is 2.47. The molecule has 4 aromatic carbocycles. The van der Waals surface area contributed by atoms with Crippen LogP contribution in [0.5, 0.6) is 34.5 Å². The van der Waals surface area contributed by atoms with E-state index in [1.807, 2.05) is 60.7 Å². The monoisotopic (exact) mass is 938 g/mol. The molecule has 4 unspecified atom stereocenters. The van der Waals surface area contributed by atoms with Crippen molar-refractivity contribution in [1.29, 1.82) is 5.26 Å². The summed E-state index contributed by atoms with van der Waals surface area (Å²) in [6, 6.07) is 27.8. The summed E-state index contributed by atoms with van der Waals surface area (Å²) in [4.78, 5) is 31.0. The van der Waals surface area contributed by atoms with Gasteiger partial charge in [0.2, 0.25) is 0 Å². The van der Waals surface area contributed by atoms with E-state index in [4.69, 9.17) is 37.9 Å². The molecule has 4 atom stereocenters. The number of rotatable bonds is 29. The van der Waals surface area contributed by atoms with Gasteiger partial charge >= 0.3 is 11.9 Å². The highest BCUT2D eigenvalue weighted by Gasteiger charge is 2.47. The van der Waals surface area contributed by atoms with E-state index in [2.05, 4.69) is 49.9 Å². The first-order valence-electron chi connectivity index (χ1n) is 23.4. The van der Waals surface area contributed by atoms with Gasteiger partial charge in [0.1, 0.15) is 0 Å². The van der Waals surface area contributed by atoms with Gasteiger partial charge in [-0.05, 0) is 161 Å². The number of methoxy groups -OCH3 is 8. The average Bonchev–Trinajstić information content (AvgIpc) is 3.38. The second kappa shape index (κ2) is 26.5. The molecule has 0 aliphatic carbocycles. The fraction of sp³-hybridized carbons (Fsp3) is 0.509. The second-order valence-corrected chi connectivity index (χ2v) is 17.8. The molecule has 0 amide bonds. The lowest BCUT2D eigenvalue weighted by Gasteiger charge is -2.40. The van der Waals surface area contributed by atoms with E-state index in [1.54, 1.807) is 54.8 Å². The Morgan fingerprint density at radius 1 is 0.544 bits per heavy atom. The van der Waals surface area contributed by atoms with Gasteiger partial charge < -0.3 is 47.7 Å². The summed E-state index contributed by atoms with van der Waals surface area (Å²) in [5.41, 5.74) is 2.51. The Bertz CT molecular complexity index is 2260. The third-order valence-corrected chi connectivity index (χ3v) is 13.9. The first kappa shape index (κ1) is 54.6. The summed E-state index contributed by atoms with van der Waals surface area (Å²) in [7, 11) is 16.7. The van der Waals surface area contributed by atoms with Crippen LogP contribution in [-0.4, -0.2) is 119 Å². The smallest absolute Gasteiger partial charge is 0.337 e. The lowest BCUT2D eigenvalue weighted by Crippen LogP contribution is -2.44. The highest BCUT2D eigenvalue weighted by atomic mass is 16.5. The average molecular weight is 938 g/mol. The van der Waals surface area contributed by atoms with E-state index in [0.717, 1.165) is 67.7 Å². The summed E-state index contributed by atoms with van der Waals surface area (Å²) in [5.74, 6) is 2.65. The van der Waals surface area contributed by atoms with Crippen molar-refractivity contribution in [3.63, 3.8) is 0 Å².